The van der Waals surface area contributed by atoms with Crippen LogP contribution in [0.25, 0.3) is 0 Å². The Morgan fingerprint density at radius 1 is 1.11 bits per heavy atom. The molecule has 2 rings (SSSR count). The van der Waals surface area contributed by atoms with Crippen LogP contribution in [-0.4, -0.2) is 0 Å². The van der Waals surface area contributed by atoms with Gasteiger partial charge in [-0.05, 0) is 18.6 Å². The van der Waals surface area contributed by atoms with E-state index in [0.29, 0.717) is 12.1 Å². The van der Waals surface area contributed by atoms with Gasteiger partial charge in [0.05, 0.1) is 5.02 Å². The van der Waals surface area contributed by atoms with E-state index < -0.39 is 0 Å². The number of rotatable bonds is 4. The molecule has 0 aliphatic heterocycles. The summed E-state index contributed by atoms with van der Waals surface area (Å²) in [5.74, 6) is -0.341. The predicted molar refractivity (Wildman–Crippen MR) is 73.1 cm³/mol. The molecule has 0 amide bonds. The van der Waals surface area contributed by atoms with Gasteiger partial charge in [0.25, 0.3) is 0 Å². The molecular formula is C15H15ClFN. The molecule has 0 aliphatic rings. The van der Waals surface area contributed by atoms with Gasteiger partial charge in [-0.15, -0.1) is 0 Å². The fraction of sp³-hybridized carbons (Fsp3) is 0.200. The molecular weight excluding hydrogens is 249 g/mol. The fourth-order valence-electron chi connectivity index (χ4n) is 1.81. The molecule has 2 aromatic carbocycles. The van der Waals surface area contributed by atoms with Gasteiger partial charge in [0.15, 0.2) is 0 Å². The molecule has 1 atom stereocenters. The normalized spacial score (nSPS) is 12.4. The van der Waals surface area contributed by atoms with Crippen LogP contribution in [0, 0.1) is 5.82 Å². The van der Waals surface area contributed by atoms with Crippen molar-refractivity contribution in [1.29, 1.82) is 0 Å². The SMILES string of the molecule is C[C@@H](NCc1cccc(Cl)c1F)c1ccccc1. The van der Waals surface area contributed by atoms with Crippen LogP contribution in [0.4, 0.5) is 4.39 Å². The van der Waals surface area contributed by atoms with Gasteiger partial charge in [0.1, 0.15) is 5.82 Å². The molecule has 3 heteroatoms. The number of nitrogens with one attached hydrogen (secondary N) is 1. The Balaban J connectivity index is 2.02. The molecule has 0 saturated heterocycles. The fourth-order valence-corrected chi connectivity index (χ4v) is 2.00. The topological polar surface area (TPSA) is 12.0 Å². The van der Waals surface area contributed by atoms with Gasteiger partial charge < -0.3 is 5.32 Å². The monoisotopic (exact) mass is 263 g/mol. The van der Waals surface area contributed by atoms with Crippen LogP contribution < -0.4 is 5.32 Å². The number of hydrogen-bond acceptors (Lipinski definition) is 1. The smallest absolute Gasteiger partial charge is 0.146 e. The van der Waals surface area contributed by atoms with E-state index in [-0.39, 0.29) is 16.9 Å². The summed E-state index contributed by atoms with van der Waals surface area (Å²) in [6, 6.07) is 15.3. The summed E-state index contributed by atoms with van der Waals surface area (Å²) in [4.78, 5) is 0. The van der Waals surface area contributed by atoms with Gasteiger partial charge in [-0.25, -0.2) is 4.39 Å². The lowest BCUT2D eigenvalue weighted by atomic mass is 10.1. The second kappa shape index (κ2) is 5.98. The van der Waals surface area contributed by atoms with Crippen LogP contribution in [0.3, 0.4) is 0 Å². The van der Waals surface area contributed by atoms with Gasteiger partial charge >= 0.3 is 0 Å². The van der Waals surface area contributed by atoms with Crippen molar-refractivity contribution in [2.75, 3.05) is 0 Å². The number of benzene rings is 2. The highest BCUT2D eigenvalue weighted by Crippen LogP contribution is 2.19. The van der Waals surface area contributed by atoms with E-state index in [1.165, 1.54) is 5.56 Å². The summed E-state index contributed by atoms with van der Waals surface area (Å²) in [7, 11) is 0. The third-order valence-corrected chi connectivity index (χ3v) is 3.22. The first-order valence-corrected chi connectivity index (χ1v) is 6.27. The lowest BCUT2D eigenvalue weighted by molar-refractivity contribution is 0.544. The van der Waals surface area contributed by atoms with E-state index in [2.05, 4.69) is 12.2 Å². The lowest BCUT2D eigenvalue weighted by Crippen LogP contribution is -2.18. The molecule has 0 spiro atoms. The van der Waals surface area contributed by atoms with E-state index in [1.54, 1.807) is 18.2 Å². The minimum absolute atomic E-state index is 0.168. The summed E-state index contributed by atoms with van der Waals surface area (Å²) < 4.78 is 13.7. The summed E-state index contributed by atoms with van der Waals surface area (Å²) >= 11 is 5.74. The highest BCUT2D eigenvalue weighted by Gasteiger charge is 2.08. The molecule has 18 heavy (non-hydrogen) atoms. The Hall–Kier alpha value is -1.38. The van der Waals surface area contributed by atoms with Crippen molar-refractivity contribution < 1.29 is 4.39 Å². The minimum atomic E-state index is -0.341. The van der Waals surface area contributed by atoms with Crippen molar-refractivity contribution in [3.05, 3.63) is 70.5 Å². The second-order valence-electron chi connectivity index (χ2n) is 4.23. The molecule has 2 aromatic rings. The first-order chi connectivity index (χ1) is 8.68. The standard InChI is InChI=1S/C15H15ClFN/c1-11(12-6-3-2-4-7-12)18-10-13-8-5-9-14(16)15(13)17/h2-9,11,18H,10H2,1H3/t11-/m1/s1. The third-order valence-electron chi connectivity index (χ3n) is 2.93. The van der Waals surface area contributed by atoms with Crippen molar-refractivity contribution in [3.8, 4) is 0 Å². The average molecular weight is 264 g/mol. The van der Waals surface area contributed by atoms with E-state index in [9.17, 15) is 4.39 Å². The molecule has 1 nitrogen and oxygen atoms in total. The van der Waals surface area contributed by atoms with Crippen LogP contribution in [0.5, 0.6) is 0 Å². The molecule has 0 radical (unpaired) electrons. The summed E-state index contributed by atoms with van der Waals surface area (Å²) in [5, 5.41) is 3.45. The first-order valence-electron chi connectivity index (χ1n) is 5.89. The number of hydrogen-bond donors (Lipinski definition) is 1. The molecule has 0 unspecified atom stereocenters. The second-order valence-corrected chi connectivity index (χ2v) is 4.63. The van der Waals surface area contributed by atoms with Crippen LogP contribution in [0.1, 0.15) is 24.1 Å². The van der Waals surface area contributed by atoms with Crippen LogP contribution in [0.2, 0.25) is 5.02 Å². The van der Waals surface area contributed by atoms with Crippen molar-refractivity contribution >= 4 is 11.6 Å². The maximum Gasteiger partial charge on any atom is 0.146 e. The molecule has 1 N–H and O–H groups in total. The van der Waals surface area contributed by atoms with Gasteiger partial charge in [0, 0.05) is 18.2 Å². The molecule has 94 valence electrons. The zero-order chi connectivity index (χ0) is 13.0. The Morgan fingerprint density at radius 3 is 2.56 bits per heavy atom. The number of halogens is 2. The summed E-state index contributed by atoms with van der Waals surface area (Å²) in [6.07, 6.45) is 0. The summed E-state index contributed by atoms with van der Waals surface area (Å²) in [5.41, 5.74) is 1.77. The van der Waals surface area contributed by atoms with Crippen molar-refractivity contribution in [1.82, 2.24) is 5.32 Å². The molecule has 0 fully saturated rings. The highest BCUT2D eigenvalue weighted by atomic mass is 35.5. The maximum atomic E-state index is 13.7. The molecule has 0 saturated carbocycles. The molecule has 0 bridgehead atoms. The van der Waals surface area contributed by atoms with Crippen molar-refractivity contribution in [2.24, 2.45) is 0 Å². The Kier molecular flexibility index (Phi) is 4.34. The Labute approximate surface area is 112 Å². The van der Waals surface area contributed by atoms with Gasteiger partial charge in [0.2, 0.25) is 0 Å². The largest absolute Gasteiger partial charge is 0.306 e. The van der Waals surface area contributed by atoms with Crippen molar-refractivity contribution in [3.63, 3.8) is 0 Å². The Bertz CT molecular complexity index is 513. The lowest BCUT2D eigenvalue weighted by Gasteiger charge is -2.14. The average Bonchev–Trinajstić information content (AvgIpc) is 2.41. The Morgan fingerprint density at radius 2 is 1.83 bits per heavy atom. The first kappa shape index (κ1) is 13.1. The third kappa shape index (κ3) is 3.09. The van der Waals surface area contributed by atoms with Crippen LogP contribution in [0.15, 0.2) is 48.5 Å². The molecule has 0 aromatic heterocycles. The van der Waals surface area contributed by atoms with Crippen LogP contribution >= 0.6 is 11.6 Å². The van der Waals surface area contributed by atoms with E-state index >= 15 is 0 Å². The highest BCUT2D eigenvalue weighted by molar-refractivity contribution is 6.30. The molecule has 0 heterocycles. The van der Waals surface area contributed by atoms with Crippen LogP contribution in [-0.2, 0) is 6.54 Å². The predicted octanol–water partition coefficient (Wildman–Crippen LogP) is 4.33. The van der Waals surface area contributed by atoms with E-state index in [1.807, 2.05) is 30.3 Å². The zero-order valence-electron chi connectivity index (χ0n) is 10.2. The van der Waals surface area contributed by atoms with Gasteiger partial charge in [-0.1, -0.05) is 54.1 Å². The minimum Gasteiger partial charge on any atom is -0.306 e. The van der Waals surface area contributed by atoms with Gasteiger partial charge in [-0.3, -0.25) is 0 Å². The molecule has 0 aliphatic carbocycles. The van der Waals surface area contributed by atoms with Gasteiger partial charge in [-0.2, -0.15) is 0 Å². The zero-order valence-corrected chi connectivity index (χ0v) is 10.9. The maximum absolute atomic E-state index is 13.7. The quantitative estimate of drug-likeness (QED) is 0.866. The van der Waals surface area contributed by atoms with E-state index in [0.717, 1.165) is 0 Å². The van der Waals surface area contributed by atoms with Crippen molar-refractivity contribution in [2.45, 2.75) is 19.5 Å². The summed E-state index contributed by atoms with van der Waals surface area (Å²) in [6.45, 7) is 2.51. The van der Waals surface area contributed by atoms with E-state index in [4.69, 9.17) is 11.6 Å².